The summed E-state index contributed by atoms with van der Waals surface area (Å²) in [5.41, 5.74) is 3.20. The maximum atomic E-state index is 6.13. The highest BCUT2D eigenvalue weighted by atomic mass is 35.5. The predicted octanol–water partition coefficient (Wildman–Crippen LogP) is 3.99. The zero-order valence-electron chi connectivity index (χ0n) is 9.73. The summed E-state index contributed by atoms with van der Waals surface area (Å²) in [5.74, 6) is 0. The number of halogens is 1. The number of pyridine rings is 1. The van der Waals surface area contributed by atoms with E-state index in [9.17, 15) is 0 Å². The molecule has 0 aliphatic heterocycles. The molecule has 0 fully saturated rings. The van der Waals surface area contributed by atoms with Crippen LogP contribution in [0.15, 0.2) is 48.7 Å². The van der Waals surface area contributed by atoms with Gasteiger partial charge in [-0.1, -0.05) is 24.3 Å². The van der Waals surface area contributed by atoms with E-state index in [-0.39, 0.29) is 5.38 Å². The number of nitrogens with one attached hydrogen (secondary N) is 1. The number of rotatable bonds is 4. The first-order valence-corrected chi connectivity index (χ1v) is 6.08. The Balaban J connectivity index is 2.09. The van der Waals surface area contributed by atoms with Gasteiger partial charge in [-0.2, -0.15) is 0 Å². The van der Waals surface area contributed by atoms with Gasteiger partial charge in [0, 0.05) is 11.9 Å². The van der Waals surface area contributed by atoms with E-state index < -0.39 is 0 Å². The first-order chi connectivity index (χ1) is 8.27. The molecule has 1 heterocycles. The van der Waals surface area contributed by atoms with Gasteiger partial charge < -0.3 is 5.32 Å². The van der Waals surface area contributed by atoms with Crippen LogP contribution in [0.4, 0.5) is 5.69 Å². The lowest BCUT2D eigenvalue weighted by Gasteiger charge is -2.13. The molecule has 88 valence electrons. The van der Waals surface area contributed by atoms with Crippen molar-refractivity contribution in [3.63, 3.8) is 0 Å². The fraction of sp³-hybridized carbons (Fsp3) is 0.214. The van der Waals surface area contributed by atoms with Crippen molar-refractivity contribution in [3.8, 4) is 0 Å². The molecular weight excluding hydrogens is 232 g/mol. The minimum absolute atomic E-state index is 0.00225. The van der Waals surface area contributed by atoms with E-state index in [1.165, 1.54) is 0 Å². The summed E-state index contributed by atoms with van der Waals surface area (Å²) in [6.07, 6.45) is 1.80. The normalized spacial score (nSPS) is 12.1. The van der Waals surface area contributed by atoms with Crippen molar-refractivity contribution in [2.24, 2.45) is 0 Å². The SMILES string of the molecule is CC(Cl)c1ccccc1NCc1ccccn1. The number of alkyl halides is 1. The second-order valence-corrected chi connectivity index (χ2v) is 4.53. The molecule has 0 amide bonds. The van der Waals surface area contributed by atoms with Crippen molar-refractivity contribution in [2.75, 3.05) is 5.32 Å². The van der Waals surface area contributed by atoms with Crippen LogP contribution in [0, 0.1) is 0 Å². The Hall–Kier alpha value is -1.54. The summed E-state index contributed by atoms with van der Waals surface area (Å²) in [5, 5.41) is 3.37. The van der Waals surface area contributed by atoms with Crippen LogP contribution < -0.4 is 5.32 Å². The zero-order chi connectivity index (χ0) is 12.1. The van der Waals surface area contributed by atoms with Gasteiger partial charge in [-0.3, -0.25) is 4.98 Å². The number of anilines is 1. The van der Waals surface area contributed by atoms with Crippen LogP contribution in [0.5, 0.6) is 0 Å². The Morgan fingerprint density at radius 1 is 1.18 bits per heavy atom. The first-order valence-electron chi connectivity index (χ1n) is 5.64. The lowest BCUT2D eigenvalue weighted by Crippen LogP contribution is -2.03. The van der Waals surface area contributed by atoms with Crippen LogP contribution in [0.25, 0.3) is 0 Å². The second kappa shape index (κ2) is 5.69. The van der Waals surface area contributed by atoms with E-state index >= 15 is 0 Å². The molecule has 0 aliphatic rings. The molecule has 1 atom stereocenters. The van der Waals surface area contributed by atoms with Gasteiger partial charge in [-0.25, -0.2) is 0 Å². The van der Waals surface area contributed by atoms with Crippen LogP contribution in [-0.2, 0) is 6.54 Å². The lowest BCUT2D eigenvalue weighted by atomic mass is 10.1. The second-order valence-electron chi connectivity index (χ2n) is 3.88. The highest BCUT2D eigenvalue weighted by Gasteiger charge is 2.06. The number of nitrogens with zero attached hydrogens (tertiary/aromatic N) is 1. The fourth-order valence-electron chi connectivity index (χ4n) is 1.69. The Morgan fingerprint density at radius 3 is 2.65 bits per heavy atom. The van der Waals surface area contributed by atoms with Gasteiger partial charge in [0.15, 0.2) is 0 Å². The Kier molecular flexibility index (Phi) is 3.99. The van der Waals surface area contributed by atoms with Gasteiger partial charge in [-0.15, -0.1) is 11.6 Å². The lowest BCUT2D eigenvalue weighted by molar-refractivity contribution is 1.02. The third kappa shape index (κ3) is 3.21. The van der Waals surface area contributed by atoms with Crippen molar-refractivity contribution < 1.29 is 0 Å². The van der Waals surface area contributed by atoms with Gasteiger partial charge in [0.2, 0.25) is 0 Å². The molecule has 0 radical (unpaired) electrons. The molecule has 1 unspecified atom stereocenters. The topological polar surface area (TPSA) is 24.9 Å². The van der Waals surface area contributed by atoms with E-state index in [4.69, 9.17) is 11.6 Å². The standard InChI is InChI=1S/C14H15ClN2/c1-11(15)13-7-2-3-8-14(13)17-10-12-6-4-5-9-16-12/h2-9,11,17H,10H2,1H3. The van der Waals surface area contributed by atoms with Crippen molar-refractivity contribution in [2.45, 2.75) is 18.8 Å². The number of hydrogen-bond acceptors (Lipinski definition) is 2. The van der Waals surface area contributed by atoms with Crippen LogP contribution in [0.2, 0.25) is 0 Å². The average molecular weight is 247 g/mol. The minimum atomic E-state index is 0.00225. The van der Waals surface area contributed by atoms with Crippen molar-refractivity contribution in [1.82, 2.24) is 4.98 Å². The quantitative estimate of drug-likeness (QED) is 0.825. The van der Waals surface area contributed by atoms with Crippen LogP contribution >= 0.6 is 11.6 Å². The molecule has 0 saturated carbocycles. The van der Waals surface area contributed by atoms with Crippen molar-refractivity contribution >= 4 is 17.3 Å². The number of aromatic nitrogens is 1. The van der Waals surface area contributed by atoms with Gasteiger partial charge in [0.05, 0.1) is 17.6 Å². The molecule has 3 heteroatoms. The Bertz CT molecular complexity index is 469. The largest absolute Gasteiger partial charge is 0.379 e. The molecule has 0 saturated heterocycles. The van der Waals surface area contributed by atoms with Crippen molar-refractivity contribution in [1.29, 1.82) is 0 Å². The molecule has 1 aromatic heterocycles. The molecule has 0 aliphatic carbocycles. The fourth-order valence-corrected chi connectivity index (χ4v) is 1.88. The molecule has 0 bridgehead atoms. The highest BCUT2D eigenvalue weighted by molar-refractivity contribution is 6.21. The van der Waals surface area contributed by atoms with Gasteiger partial charge in [-0.05, 0) is 30.7 Å². The summed E-state index contributed by atoms with van der Waals surface area (Å²) in [6, 6.07) is 14.0. The molecular formula is C14H15ClN2. The zero-order valence-corrected chi connectivity index (χ0v) is 10.5. The first kappa shape index (κ1) is 11.9. The molecule has 1 aromatic carbocycles. The van der Waals surface area contributed by atoms with E-state index in [1.807, 2.05) is 49.4 Å². The molecule has 2 nitrogen and oxygen atoms in total. The Labute approximate surface area is 107 Å². The van der Waals surface area contributed by atoms with Gasteiger partial charge in [0.1, 0.15) is 0 Å². The van der Waals surface area contributed by atoms with Crippen LogP contribution in [0.3, 0.4) is 0 Å². The third-order valence-corrected chi connectivity index (χ3v) is 2.81. The molecule has 2 rings (SSSR count). The van der Waals surface area contributed by atoms with Crippen molar-refractivity contribution in [3.05, 3.63) is 59.9 Å². The minimum Gasteiger partial charge on any atom is -0.379 e. The van der Waals surface area contributed by atoms with Crippen LogP contribution in [-0.4, -0.2) is 4.98 Å². The summed E-state index contributed by atoms with van der Waals surface area (Å²) in [7, 11) is 0. The molecule has 17 heavy (non-hydrogen) atoms. The summed E-state index contributed by atoms with van der Waals surface area (Å²) in [6.45, 7) is 2.68. The van der Waals surface area contributed by atoms with E-state index in [0.717, 1.165) is 16.9 Å². The summed E-state index contributed by atoms with van der Waals surface area (Å²) < 4.78 is 0. The van der Waals surface area contributed by atoms with E-state index in [1.54, 1.807) is 6.20 Å². The smallest absolute Gasteiger partial charge is 0.0594 e. The average Bonchev–Trinajstić information content (AvgIpc) is 2.38. The Morgan fingerprint density at radius 2 is 1.94 bits per heavy atom. The van der Waals surface area contributed by atoms with Gasteiger partial charge in [0.25, 0.3) is 0 Å². The highest BCUT2D eigenvalue weighted by Crippen LogP contribution is 2.27. The van der Waals surface area contributed by atoms with Crippen LogP contribution in [0.1, 0.15) is 23.6 Å². The van der Waals surface area contributed by atoms with E-state index in [2.05, 4.69) is 10.3 Å². The summed E-state index contributed by atoms with van der Waals surface area (Å²) >= 11 is 6.13. The van der Waals surface area contributed by atoms with Gasteiger partial charge >= 0.3 is 0 Å². The maximum absolute atomic E-state index is 6.13. The predicted molar refractivity (Wildman–Crippen MR) is 72.3 cm³/mol. The third-order valence-electron chi connectivity index (χ3n) is 2.58. The number of para-hydroxylation sites is 1. The maximum Gasteiger partial charge on any atom is 0.0594 e. The monoisotopic (exact) mass is 246 g/mol. The van der Waals surface area contributed by atoms with E-state index in [0.29, 0.717) is 6.54 Å². The molecule has 0 spiro atoms. The number of benzene rings is 1. The molecule has 2 aromatic rings. The summed E-state index contributed by atoms with van der Waals surface area (Å²) in [4.78, 5) is 4.27. The molecule has 1 N–H and O–H groups in total. The number of hydrogen-bond donors (Lipinski definition) is 1.